The first-order valence-corrected chi connectivity index (χ1v) is 10.1. The first-order chi connectivity index (χ1) is 16.1. The molecule has 0 saturated heterocycles. The Hall–Kier alpha value is -3.60. The van der Waals surface area contributed by atoms with Crippen LogP contribution in [0.15, 0.2) is 54.9 Å². The molecule has 1 atom stereocenters. The van der Waals surface area contributed by atoms with E-state index in [1.165, 1.54) is 36.5 Å². The number of nitrogens with one attached hydrogen (secondary N) is 1. The van der Waals surface area contributed by atoms with Crippen molar-refractivity contribution in [2.45, 2.75) is 25.1 Å². The number of nitrogens with zero attached hydrogens (tertiary/aromatic N) is 2. The smallest absolute Gasteiger partial charge is 0.422 e. The number of ether oxygens (including phenoxy) is 1. The molecule has 3 aromatic rings. The van der Waals surface area contributed by atoms with Crippen molar-refractivity contribution < 1.29 is 36.6 Å². The summed E-state index contributed by atoms with van der Waals surface area (Å²) < 4.78 is 69.3. The van der Waals surface area contributed by atoms with Crippen molar-refractivity contribution in [3.8, 4) is 17.0 Å². The number of pyridine rings is 2. The molecule has 3 rings (SSSR count). The second-order valence-electron chi connectivity index (χ2n) is 7.32. The summed E-state index contributed by atoms with van der Waals surface area (Å²) >= 11 is 0. The zero-order valence-electron chi connectivity index (χ0n) is 17.6. The molecule has 0 unspecified atom stereocenters. The van der Waals surface area contributed by atoms with Crippen molar-refractivity contribution in [2.75, 3.05) is 13.2 Å². The van der Waals surface area contributed by atoms with E-state index in [1.807, 2.05) is 0 Å². The van der Waals surface area contributed by atoms with Crippen LogP contribution in [0.5, 0.6) is 5.75 Å². The minimum Gasteiger partial charge on any atom is -0.483 e. The minimum atomic E-state index is -4.49. The molecule has 2 N–H and O–H groups in total. The summed E-state index contributed by atoms with van der Waals surface area (Å²) in [6.07, 6.45) is -2.25. The molecule has 0 fully saturated rings. The number of hydrogen-bond donors (Lipinski definition) is 2. The molecular weight excluding hydrogens is 461 g/mol. The van der Waals surface area contributed by atoms with Crippen molar-refractivity contribution in [1.82, 2.24) is 15.3 Å². The van der Waals surface area contributed by atoms with E-state index >= 15 is 0 Å². The highest BCUT2D eigenvalue weighted by Crippen LogP contribution is 2.23. The molecular formula is C23H20F5N3O3. The molecule has 1 aromatic carbocycles. The van der Waals surface area contributed by atoms with E-state index < -0.39 is 36.4 Å². The number of amides is 1. The molecule has 0 aliphatic rings. The molecule has 2 aromatic heterocycles. The van der Waals surface area contributed by atoms with Gasteiger partial charge in [-0.3, -0.25) is 14.8 Å². The Morgan fingerprint density at radius 1 is 1.09 bits per heavy atom. The van der Waals surface area contributed by atoms with Gasteiger partial charge in [-0.05, 0) is 42.3 Å². The van der Waals surface area contributed by atoms with Gasteiger partial charge in [0.1, 0.15) is 23.1 Å². The summed E-state index contributed by atoms with van der Waals surface area (Å²) in [5.41, 5.74) is 0.762. The molecule has 11 heteroatoms. The lowest BCUT2D eigenvalue weighted by molar-refractivity contribution is -0.153. The molecule has 0 aliphatic heterocycles. The number of carbonyl (C=O) groups is 1. The largest absolute Gasteiger partial charge is 0.483 e. The van der Waals surface area contributed by atoms with Crippen LogP contribution in [-0.4, -0.2) is 40.4 Å². The standard InChI is InChI=1S/C23H20F5N3O3/c24-16-3-1-2-15(10-16)22-18(25)8-14(11-30-22)9-21(33)31-20(6-7-32)19-5-4-17(12-29-19)34-13-23(26,27)28/h1-5,8,10-12,20,32H,6-7,9,13H2,(H,31,33)/t20-/m1/s1. The van der Waals surface area contributed by atoms with Crippen LogP contribution in [0.3, 0.4) is 0 Å². The monoisotopic (exact) mass is 481 g/mol. The van der Waals surface area contributed by atoms with Gasteiger partial charge >= 0.3 is 6.18 Å². The van der Waals surface area contributed by atoms with E-state index in [0.717, 1.165) is 18.3 Å². The van der Waals surface area contributed by atoms with Crippen LogP contribution >= 0.6 is 0 Å². The maximum absolute atomic E-state index is 14.5. The van der Waals surface area contributed by atoms with Gasteiger partial charge in [0.2, 0.25) is 5.91 Å². The van der Waals surface area contributed by atoms with E-state index in [1.54, 1.807) is 0 Å². The van der Waals surface area contributed by atoms with Crippen LogP contribution in [0.4, 0.5) is 22.0 Å². The maximum atomic E-state index is 14.5. The van der Waals surface area contributed by atoms with Gasteiger partial charge in [0.25, 0.3) is 0 Å². The molecule has 0 aliphatic carbocycles. The zero-order chi connectivity index (χ0) is 24.7. The van der Waals surface area contributed by atoms with Gasteiger partial charge in [0.05, 0.1) is 24.4 Å². The van der Waals surface area contributed by atoms with Crippen LogP contribution in [0.2, 0.25) is 0 Å². The highest BCUT2D eigenvalue weighted by atomic mass is 19.4. The fourth-order valence-electron chi connectivity index (χ4n) is 3.12. The van der Waals surface area contributed by atoms with E-state index in [-0.39, 0.29) is 42.0 Å². The van der Waals surface area contributed by atoms with Crippen LogP contribution < -0.4 is 10.1 Å². The Bertz CT molecular complexity index is 1120. The normalized spacial score (nSPS) is 12.3. The van der Waals surface area contributed by atoms with E-state index in [0.29, 0.717) is 5.69 Å². The fraction of sp³-hybridized carbons (Fsp3) is 0.261. The molecule has 1 amide bonds. The predicted molar refractivity (Wildman–Crippen MR) is 112 cm³/mol. The molecule has 180 valence electrons. The van der Waals surface area contributed by atoms with Crippen molar-refractivity contribution in [3.63, 3.8) is 0 Å². The van der Waals surface area contributed by atoms with E-state index in [2.05, 4.69) is 20.0 Å². The topological polar surface area (TPSA) is 84.3 Å². The number of hydrogen-bond acceptors (Lipinski definition) is 5. The van der Waals surface area contributed by atoms with Crippen molar-refractivity contribution in [1.29, 1.82) is 0 Å². The average molecular weight is 481 g/mol. The Morgan fingerprint density at radius 3 is 2.50 bits per heavy atom. The highest BCUT2D eigenvalue weighted by Gasteiger charge is 2.28. The van der Waals surface area contributed by atoms with Gasteiger partial charge < -0.3 is 15.2 Å². The number of halogens is 5. The van der Waals surface area contributed by atoms with Crippen LogP contribution in [0.25, 0.3) is 11.3 Å². The highest BCUT2D eigenvalue weighted by molar-refractivity contribution is 5.79. The molecule has 2 heterocycles. The molecule has 0 bridgehead atoms. The Labute approximate surface area is 191 Å². The third-order valence-electron chi connectivity index (χ3n) is 4.63. The first-order valence-electron chi connectivity index (χ1n) is 10.1. The number of carbonyl (C=O) groups excluding carboxylic acids is 1. The third-order valence-corrected chi connectivity index (χ3v) is 4.63. The van der Waals surface area contributed by atoms with Crippen molar-refractivity contribution in [3.05, 3.63) is 77.8 Å². The Morgan fingerprint density at radius 2 is 1.88 bits per heavy atom. The summed E-state index contributed by atoms with van der Waals surface area (Å²) in [6.45, 7) is -1.76. The molecule has 0 saturated carbocycles. The number of alkyl halides is 3. The van der Waals surface area contributed by atoms with Crippen LogP contribution in [-0.2, 0) is 11.2 Å². The van der Waals surface area contributed by atoms with Gasteiger partial charge in [-0.25, -0.2) is 8.78 Å². The number of aliphatic hydroxyl groups excluding tert-OH is 1. The summed E-state index contributed by atoms with van der Waals surface area (Å²) in [7, 11) is 0. The Balaban J connectivity index is 1.65. The SMILES string of the molecule is O=C(Cc1cnc(-c2cccc(F)c2)c(F)c1)N[C@H](CCO)c1ccc(OCC(F)(F)F)cn1. The lowest BCUT2D eigenvalue weighted by Gasteiger charge is -2.18. The van der Waals surface area contributed by atoms with Crippen LogP contribution in [0, 0.1) is 11.6 Å². The second-order valence-corrected chi connectivity index (χ2v) is 7.32. The first kappa shape index (κ1) is 25.0. The molecule has 6 nitrogen and oxygen atoms in total. The van der Waals surface area contributed by atoms with E-state index in [9.17, 15) is 31.9 Å². The summed E-state index contributed by atoms with van der Waals surface area (Å²) in [5, 5.41) is 12.0. The van der Waals surface area contributed by atoms with Crippen molar-refractivity contribution >= 4 is 5.91 Å². The lowest BCUT2D eigenvalue weighted by Crippen LogP contribution is -2.31. The summed E-state index contributed by atoms with van der Waals surface area (Å²) in [5.74, 6) is -1.88. The maximum Gasteiger partial charge on any atom is 0.422 e. The van der Waals surface area contributed by atoms with Crippen LogP contribution in [0.1, 0.15) is 23.7 Å². The second kappa shape index (κ2) is 11.0. The summed E-state index contributed by atoms with van der Waals surface area (Å²) in [6, 6.07) is 8.34. The molecule has 0 spiro atoms. The summed E-state index contributed by atoms with van der Waals surface area (Å²) in [4.78, 5) is 20.5. The number of aliphatic hydroxyl groups is 1. The van der Waals surface area contributed by atoms with Gasteiger partial charge in [0, 0.05) is 18.4 Å². The Kier molecular flexibility index (Phi) is 8.11. The van der Waals surface area contributed by atoms with Gasteiger partial charge in [-0.2, -0.15) is 13.2 Å². The van der Waals surface area contributed by atoms with Gasteiger partial charge in [-0.15, -0.1) is 0 Å². The molecule has 34 heavy (non-hydrogen) atoms. The number of benzene rings is 1. The average Bonchev–Trinajstić information content (AvgIpc) is 2.77. The molecule has 0 radical (unpaired) electrons. The van der Waals surface area contributed by atoms with E-state index in [4.69, 9.17) is 0 Å². The minimum absolute atomic E-state index is 0.0566. The lowest BCUT2D eigenvalue weighted by atomic mass is 10.1. The number of rotatable bonds is 9. The quantitative estimate of drug-likeness (QED) is 0.449. The number of aromatic nitrogens is 2. The third kappa shape index (κ3) is 7.20. The van der Waals surface area contributed by atoms with Gasteiger partial charge in [-0.1, -0.05) is 12.1 Å². The van der Waals surface area contributed by atoms with Crippen molar-refractivity contribution in [2.24, 2.45) is 0 Å². The predicted octanol–water partition coefficient (Wildman–Crippen LogP) is 4.15. The van der Waals surface area contributed by atoms with Gasteiger partial charge in [0.15, 0.2) is 6.61 Å². The zero-order valence-corrected chi connectivity index (χ0v) is 17.6. The fourth-order valence-corrected chi connectivity index (χ4v) is 3.12.